The first-order valence-electron chi connectivity index (χ1n) is 15.3. The number of Topliss-reactive ketones (excluding diaryl/α,β-unsaturated/α-hetero) is 1. The number of carbonyl (C=O) groups excluding carboxylic acids is 1. The highest BCUT2D eigenvalue weighted by atomic mass is 35.5. The smallest absolute Gasteiger partial charge is 0.141 e. The molecule has 4 aromatic carbocycles. The van der Waals surface area contributed by atoms with Crippen LogP contribution in [0.3, 0.4) is 0 Å². The van der Waals surface area contributed by atoms with Crippen molar-refractivity contribution in [3.63, 3.8) is 0 Å². The number of rotatable bonds is 10. The van der Waals surface area contributed by atoms with E-state index in [4.69, 9.17) is 51.4 Å². The van der Waals surface area contributed by atoms with Gasteiger partial charge in [0.25, 0.3) is 0 Å². The molecule has 0 radical (unpaired) electrons. The number of nitrogens with one attached hydrogen (secondary N) is 1. The largest absolute Gasteiger partial charge is 0.369 e. The highest BCUT2D eigenvalue weighted by molar-refractivity contribution is 6.42. The Morgan fingerprint density at radius 1 is 0.804 bits per heavy atom. The summed E-state index contributed by atoms with van der Waals surface area (Å²) in [5.41, 5.74) is 7.06. The van der Waals surface area contributed by atoms with Crippen molar-refractivity contribution in [1.29, 1.82) is 0 Å². The normalized spacial score (nSPS) is 14.6. The minimum absolute atomic E-state index is 0.0954. The maximum Gasteiger partial charge on any atom is 0.141 e. The van der Waals surface area contributed by atoms with E-state index < -0.39 is 0 Å². The number of likely N-dealkylation sites (N-methyl/N-ethyl adjacent to an activating group) is 1. The fraction of sp³-hybridized carbons (Fsp3) is 0.278. The molecule has 1 unspecified atom stereocenters. The molecule has 1 aliphatic heterocycles. The first-order valence-corrected chi connectivity index (χ1v) is 16.8. The maximum absolute atomic E-state index is 12.3. The molecule has 5 aromatic rings. The first kappa shape index (κ1) is 32.8. The topological polar surface area (TPSA) is 53.4 Å². The van der Waals surface area contributed by atoms with E-state index in [2.05, 4.69) is 69.2 Å². The molecule has 238 valence electrons. The zero-order valence-corrected chi connectivity index (χ0v) is 28.8. The molecule has 10 heteroatoms. The maximum atomic E-state index is 12.3. The van der Waals surface area contributed by atoms with E-state index in [1.54, 1.807) is 13.0 Å². The third kappa shape index (κ3) is 7.54. The van der Waals surface area contributed by atoms with E-state index in [-0.39, 0.29) is 11.8 Å². The summed E-state index contributed by atoms with van der Waals surface area (Å²) >= 11 is 25.0. The van der Waals surface area contributed by atoms with E-state index in [9.17, 15) is 4.79 Å². The molecule has 46 heavy (non-hydrogen) atoms. The van der Waals surface area contributed by atoms with Crippen LogP contribution in [-0.2, 0) is 17.9 Å². The molecule has 0 saturated carbocycles. The SMILES string of the molecule is CC(=O)CC(NCc1ccc(Cl)c(Cl)c1)c1ccc2c(c1)nc(-c1ccc(N3CCN(C)CC3)cc1)n2Cc1ccc(Cl)c(Cl)c1. The number of carbonyl (C=O) groups is 1. The van der Waals surface area contributed by atoms with Gasteiger partial charge in [0.15, 0.2) is 0 Å². The number of anilines is 1. The number of benzene rings is 4. The average Bonchev–Trinajstić information content (AvgIpc) is 3.40. The lowest BCUT2D eigenvalue weighted by atomic mass is 10.0. The lowest BCUT2D eigenvalue weighted by molar-refractivity contribution is -0.117. The van der Waals surface area contributed by atoms with Gasteiger partial charge in [-0.3, -0.25) is 4.79 Å². The number of fused-ring (bicyclic) bond motifs is 1. The predicted octanol–water partition coefficient (Wildman–Crippen LogP) is 8.93. The summed E-state index contributed by atoms with van der Waals surface area (Å²) in [5, 5.41) is 5.60. The zero-order valence-electron chi connectivity index (χ0n) is 25.7. The van der Waals surface area contributed by atoms with Crippen LogP contribution in [0.1, 0.15) is 36.1 Å². The molecular formula is C36H35Cl4N5O. The van der Waals surface area contributed by atoms with E-state index in [1.807, 2.05) is 30.3 Å². The van der Waals surface area contributed by atoms with Crippen LogP contribution in [0.5, 0.6) is 0 Å². The number of piperazine rings is 1. The molecule has 1 N–H and O–H groups in total. The molecule has 0 spiro atoms. The summed E-state index contributed by atoms with van der Waals surface area (Å²) in [6.45, 7) is 6.83. The second kappa shape index (κ2) is 14.3. The Hall–Kier alpha value is -3.10. The third-order valence-corrected chi connectivity index (χ3v) is 10.00. The Morgan fingerprint density at radius 2 is 1.46 bits per heavy atom. The summed E-state index contributed by atoms with van der Waals surface area (Å²) in [4.78, 5) is 22.3. The van der Waals surface area contributed by atoms with Gasteiger partial charge in [-0.25, -0.2) is 4.98 Å². The molecule has 0 aliphatic carbocycles. The number of nitrogens with zero attached hydrogens (tertiary/aromatic N) is 4. The molecule has 1 aliphatic rings. The summed E-state index contributed by atoms with van der Waals surface area (Å²) in [5.74, 6) is 0.952. The number of ketones is 1. The summed E-state index contributed by atoms with van der Waals surface area (Å²) in [6.07, 6.45) is 0.345. The van der Waals surface area contributed by atoms with Gasteiger partial charge in [-0.1, -0.05) is 64.6 Å². The minimum Gasteiger partial charge on any atom is -0.369 e. The molecule has 6 nitrogen and oxygen atoms in total. The van der Waals surface area contributed by atoms with Gasteiger partial charge in [-0.15, -0.1) is 0 Å². The Morgan fingerprint density at radius 3 is 2.11 bits per heavy atom. The molecule has 1 atom stereocenters. The average molecular weight is 696 g/mol. The van der Waals surface area contributed by atoms with Gasteiger partial charge in [0.1, 0.15) is 11.6 Å². The zero-order chi connectivity index (χ0) is 32.4. The van der Waals surface area contributed by atoms with Crippen LogP contribution in [0.15, 0.2) is 78.9 Å². The lowest BCUT2D eigenvalue weighted by Crippen LogP contribution is -2.44. The number of hydrogen-bond donors (Lipinski definition) is 1. The summed E-state index contributed by atoms with van der Waals surface area (Å²) in [7, 11) is 2.16. The summed E-state index contributed by atoms with van der Waals surface area (Å²) < 4.78 is 2.21. The monoisotopic (exact) mass is 693 g/mol. The van der Waals surface area contributed by atoms with Gasteiger partial charge in [0.2, 0.25) is 0 Å². The molecule has 6 rings (SSSR count). The quantitative estimate of drug-likeness (QED) is 0.158. The van der Waals surface area contributed by atoms with Crippen LogP contribution in [0, 0.1) is 0 Å². The van der Waals surface area contributed by atoms with Gasteiger partial charge in [-0.05, 0) is 91.3 Å². The van der Waals surface area contributed by atoms with Crippen molar-refractivity contribution in [3.8, 4) is 11.4 Å². The van der Waals surface area contributed by atoms with Crippen LogP contribution < -0.4 is 10.2 Å². The Bertz CT molecular complexity index is 1870. The Balaban J connectivity index is 1.35. The molecule has 0 amide bonds. The van der Waals surface area contributed by atoms with Crippen molar-refractivity contribution in [2.75, 3.05) is 38.1 Å². The van der Waals surface area contributed by atoms with E-state index in [0.29, 0.717) is 39.6 Å². The van der Waals surface area contributed by atoms with Crippen LogP contribution >= 0.6 is 46.4 Å². The Labute approximate surface area is 289 Å². The Kier molecular flexibility index (Phi) is 10.2. The van der Waals surface area contributed by atoms with E-state index in [1.165, 1.54) is 5.69 Å². The second-order valence-corrected chi connectivity index (χ2v) is 13.6. The molecular weight excluding hydrogens is 660 g/mol. The van der Waals surface area contributed by atoms with Crippen molar-refractivity contribution in [1.82, 2.24) is 19.8 Å². The molecule has 1 fully saturated rings. The van der Waals surface area contributed by atoms with Gasteiger partial charge >= 0.3 is 0 Å². The van der Waals surface area contributed by atoms with Crippen LogP contribution in [0.4, 0.5) is 5.69 Å². The van der Waals surface area contributed by atoms with Crippen molar-refractivity contribution >= 4 is 68.9 Å². The highest BCUT2D eigenvalue weighted by Crippen LogP contribution is 2.32. The van der Waals surface area contributed by atoms with Crippen molar-refractivity contribution in [2.24, 2.45) is 0 Å². The van der Waals surface area contributed by atoms with E-state index in [0.717, 1.165) is 65.3 Å². The summed E-state index contributed by atoms with van der Waals surface area (Å²) in [6, 6.07) is 26.0. The van der Waals surface area contributed by atoms with Crippen LogP contribution in [0.2, 0.25) is 20.1 Å². The van der Waals surface area contributed by atoms with Gasteiger partial charge < -0.3 is 19.7 Å². The molecule has 0 bridgehead atoms. The van der Waals surface area contributed by atoms with Gasteiger partial charge in [-0.2, -0.15) is 0 Å². The van der Waals surface area contributed by atoms with Crippen LogP contribution in [0.25, 0.3) is 22.4 Å². The number of hydrogen-bond acceptors (Lipinski definition) is 5. The van der Waals surface area contributed by atoms with Crippen molar-refractivity contribution < 1.29 is 4.79 Å². The molecule has 1 aromatic heterocycles. The fourth-order valence-corrected chi connectivity index (χ4v) is 6.58. The minimum atomic E-state index is -0.206. The number of aromatic nitrogens is 2. The predicted molar refractivity (Wildman–Crippen MR) is 192 cm³/mol. The lowest BCUT2D eigenvalue weighted by Gasteiger charge is -2.34. The van der Waals surface area contributed by atoms with Gasteiger partial charge in [0, 0.05) is 63.0 Å². The molecule has 2 heterocycles. The number of imidazole rings is 1. The van der Waals surface area contributed by atoms with Crippen molar-refractivity contribution in [2.45, 2.75) is 32.5 Å². The molecule has 1 saturated heterocycles. The number of halogens is 4. The van der Waals surface area contributed by atoms with Crippen LogP contribution in [-0.4, -0.2) is 53.5 Å². The third-order valence-electron chi connectivity index (χ3n) is 8.52. The highest BCUT2D eigenvalue weighted by Gasteiger charge is 2.20. The van der Waals surface area contributed by atoms with E-state index >= 15 is 0 Å². The fourth-order valence-electron chi connectivity index (χ4n) is 5.94. The standard InChI is InChI=1S/C36H35Cl4N5O/c1-23(46)17-33(41-21-24-3-10-29(37)31(39)18-24)27-7-12-35-34(20-27)42-36(45(35)22-25-4-11-30(38)32(40)19-25)26-5-8-28(9-6-26)44-15-13-43(2)14-16-44/h3-12,18-20,33,41H,13-17,21-22H2,1-2H3. The van der Waals surface area contributed by atoms with Gasteiger partial charge in [0.05, 0.1) is 31.1 Å². The van der Waals surface area contributed by atoms with Crippen molar-refractivity contribution in [3.05, 3.63) is 116 Å². The second-order valence-electron chi connectivity index (χ2n) is 11.9. The first-order chi connectivity index (χ1) is 22.1.